The molecule has 2 saturated heterocycles. The van der Waals surface area contributed by atoms with E-state index in [1.165, 1.54) is 0 Å². The van der Waals surface area contributed by atoms with Gasteiger partial charge in [0.1, 0.15) is 5.60 Å². The van der Waals surface area contributed by atoms with Gasteiger partial charge in [-0.05, 0) is 27.7 Å². The highest BCUT2D eigenvalue weighted by molar-refractivity contribution is 5.69. The molecule has 2 aliphatic rings. The van der Waals surface area contributed by atoms with Gasteiger partial charge in [0.2, 0.25) is 0 Å². The number of piperidine rings is 1. The molecule has 2 fully saturated rings. The predicted octanol–water partition coefficient (Wildman–Crippen LogP) is 1.89. The van der Waals surface area contributed by atoms with Crippen LogP contribution in [0.4, 0.5) is 4.79 Å². The number of morpholine rings is 1. The van der Waals surface area contributed by atoms with Crippen LogP contribution in [0.1, 0.15) is 46.1 Å². The molecule has 2 atom stereocenters. The van der Waals surface area contributed by atoms with E-state index < -0.39 is 11.2 Å². The van der Waals surface area contributed by atoms with E-state index >= 15 is 0 Å². The van der Waals surface area contributed by atoms with Crippen molar-refractivity contribution in [2.45, 2.75) is 70.4 Å². The molecule has 1 amide bonds. The minimum absolute atomic E-state index is 0.192. The number of rotatable bonds is 2. The van der Waals surface area contributed by atoms with Gasteiger partial charge in [0.05, 0.1) is 37.1 Å². The summed E-state index contributed by atoms with van der Waals surface area (Å²) in [4.78, 5) is 14.3. The first-order valence-electron chi connectivity index (χ1n) is 8.56. The van der Waals surface area contributed by atoms with Crippen LogP contribution in [0.15, 0.2) is 12.4 Å². The van der Waals surface area contributed by atoms with Gasteiger partial charge in [-0.15, -0.1) is 0 Å². The van der Waals surface area contributed by atoms with Crippen molar-refractivity contribution in [3.05, 3.63) is 18.0 Å². The second kappa shape index (κ2) is 6.04. The number of aryl methyl sites for hydroxylation is 1. The van der Waals surface area contributed by atoms with Gasteiger partial charge in [-0.25, -0.2) is 4.79 Å². The number of aromatic nitrogens is 2. The molecule has 0 aliphatic carbocycles. The van der Waals surface area contributed by atoms with Crippen molar-refractivity contribution >= 4 is 6.09 Å². The van der Waals surface area contributed by atoms with Gasteiger partial charge >= 0.3 is 6.09 Å². The number of fused-ring (bicyclic) bond motifs is 2. The zero-order chi connectivity index (χ0) is 17.5. The fourth-order valence-corrected chi connectivity index (χ4v) is 3.60. The quantitative estimate of drug-likeness (QED) is 0.892. The molecule has 0 radical (unpaired) electrons. The molecule has 2 bridgehead atoms. The highest BCUT2D eigenvalue weighted by Gasteiger charge is 2.50. The van der Waals surface area contributed by atoms with E-state index in [1.807, 2.05) is 33.9 Å². The third-order valence-electron chi connectivity index (χ3n) is 4.65. The van der Waals surface area contributed by atoms with Gasteiger partial charge in [-0.2, -0.15) is 5.10 Å². The molecule has 0 spiro atoms. The Morgan fingerprint density at radius 2 is 2.04 bits per heavy atom. The second-order valence-corrected chi connectivity index (χ2v) is 7.76. The Balaban J connectivity index is 1.81. The summed E-state index contributed by atoms with van der Waals surface area (Å²) in [5.74, 6) is 0. The van der Waals surface area contributed by atoms with Crippen LogP contribution in [0.3, 0.4) is 0 Å². The molecule has 1 N–H and O–H groups in total. The topological polar surface area (TPSA) is 76.8 Å². The van der Waals surface area contributed by atoms with Gasteiger partial charge in [0, 0.05) is 31.1 Å². The maximum Gasteiger partial charge on any atom is 0.410 e. The molecule has 0 aromatic carbocycles. The lowest BCUT2D eigenvalue weighted by Crippen LogP contribution is -2.63. The molecule has 2 unspecified atom stereocenters. The van der Waals surface area contributed by atoms with Crippen LogP contribution >= 0.6 is 0 Å². The maximum absolute atomic E-state index is 12.6. The van der Waals surface area contributed by atoms with Crippen molar-refractivity contribution in [1.29, 1.82) is 0 Å². The van der Waals surface area contributed by atoms with E-state index in [-0.39, 0.29) is 18.2 Å². The first-order valence-corrected chi connectivity index (χ1v) is 8.56. The van der Waals surface area contributed by atoms with Crippen LogP contribution in [0.25, 0.3) is 0 Å². The molecule has 7 heteroatoms. The number of carbonyl (C=O) groups is 1. The molecular weight excluding hydrogens is 310 g/mol. The van der Waals surface area contributed by atoms with Crippen molar-refractivity contribution in [2.75, 3.05) is 13.2 Å². The van der Waals surface area contributed by atoms with Gasteiger partial charge in [-0.3, -0.25) is 9.58 Å². The third kappa shape index (κ3) is 3.28. The molecule has 1 aromatic heterocycles. The largest absolute Gasteiger partial charge is 0.444 e. The number of ether oxygens (including phenoxy) is 2. The predicted molar refractivity (Wildman–Crippen MR) is 87.5 cm³/mol. The normalized spacial score (nSPS) is 30.3. The number of hydrogen-bond acceptors (Lipinski definition) is 5. The van der Waals surface area contributed by atoms with Crippen molar-refractivity contribution < 1.29 is 19.4 Å². The monoisotopic (exact) mass is 337 g/mol. The third-order valence-corrected chi connectivity index (χ3v) is 4.65. The zero-order valence-electron chi connectivity index (χ0n) is 14.9. The van der Waals surface area contributed by atoms with E-state index in [0.29, 0.717) is 26.1 Å². The fourth-order valence-electron chi connectivity index (χ4n) is 3.60. The Bertz CT molecular complexity index is 593. The molecule has 3 rings (SSSR count). The molecule has 2 aliphatic heterocycles. The van der Waals surface area contributed by atoms with E-state index in [0.717, 1.165) is 12.1 Å². The van der Waals surface area contributed by atoms with Crippen LogP contribution in [0, 0.1) is 0 Å². The Morgan fingerprint density at radius 3 is 2.54 bits per heavy atom. The first-order chi connectivity index (χ1) is 11.2. The smallest absolute Gasteiger partial charge is 0.410 e. The van der Waals surface area contributed by atoms with Gasteiger partial charge in [-0.1, -0.05) is 0 Å². The Hall–Kier alpha value is -1.60. The molecule has 1 aromatic rings. The highest BCUT2D eigenvalue weighted by Crippen LogP contribution is 2.41. The SMILES string of the molecule is CCn1cc(C2(O)CC3COCC(C2)N3C(=O)OC(C)(C)C)cn1. The Morgan fingerprint density at radius 1 is 1.42 bits per heavy atom. The lowest BCUT2D eigenvalue weighted by molar-refractivity contribution is -0.141. The molecule has 24 heavy (non-hydrogen) atoms. The lowest BCUT2D eigenvalue weighted by Gasteiger charge is -2.51. The summed E-state index contributed by atoms with van der Waals surface area (Å²) in [5, 5.41) is 15.5. The highest BCUT2D eigenvalue weighted by atomic mass is 16.6. The summed E-state index contributed by atoms with van der Waals surface area (Å²) in [6, 6.07) is -0.385. The number of hydrogen-bond donors (Lipinski definition) is 1. The summed E-state index contributed by atoms with van der Waals surface area (Å²) in [5.41, 5.74) is -0.710. The number of amides is 1. The van der Waals surface area contributed by atoms with Crippen molar-refractivity contribution in [3.8, 4) is 0 Å². The second-order valence-electron chi connectivity index (χ2n) is 7.76. The van der Waals surface area contributed by atoms with Crippen molar-refractivity contribution in [1.82, 2.24) is 14.7 Å². The summed E-state index contributed by atoms with van der Waals surface area (Å²) in [6.45, 7) is 9.17. The fraction of sp³-hybridized carbons (Fsp3) is 0.765. The zero-order valence-corrected chi connectivity index (χ0v) is 14.9. The minimum Gasteiger partial charge on any atom is -0.444 e. The average Bonchev–Trinajstić information content (AvgIpc) is 2.94. The standard InChI is InChI=1S/C17H27N3O4/c1-5-19-9-12(8-18-19)17(22)6-13-10-23-11-14(7-17)20(13)15(21)24-16(2,3)4/h8-9,13-14,22H,5-7,10-11H2,1-4H3. The van der Waals surface area contributed by atoms with E-state index in [1.54, 1.807) is 15.8 Å². The first kappa shape index (κ1) is 17.2. The van der Waals surface area contributed by atoms with Gasteiger partial charge in [0.15, 0.2) is 0 Å². The van der Waals surface area contributed by atoms with Crippen LogP contribution in [-0.2, 0) is 21.6 Å². The van der Waals surface area contributed by atoms with Crippen LogP contribution in [0.5, 0.6) is 0 Å². The van der Waals surface area contributed by atoms with Crippen molar-refractivity contribution in [2.24, 2.45) is 0 Å². The van der Waals surface area contributed by atoms with Crippen LogP contribution in [0.2, 0.25) is 0 Å². The van der Waals surface area contributed by atoms with Gasteiger partial charge in [0.25, 0.3) is 0 Å². The van der Waals surface area contributed by atoms with Gasteiger partial charge < -0.3 is 14.6 Å². The number of nitrogens with zero attached hydrogens (tertiary/aromatic N) is 3. The molecule has 0 saturated carbocycles. The Kier molecular flexibility index (Phi) is 4.34. The average molecular weight is 337 g/mol. The van der Waals surface area contributed by atoms with E-state index in [4.69, 9.17) is 9.47 Å². The maximum atomic E-state index is 12.6. The summed E-state index contributed by atoms with van der Waals surface area (Å²) >= 11 is 0. The summed E-state index contributed by atoms with van der Waals surface area (Å²) in [7, 11) is 0. The number of carbonyl (C=O) groups excluding carboxylic acids is 1. The van der Waals surface area contributed by atoms with E-state index in [9.17, 15) is 9.90 Å². The lowest BCUT2D eigenvalue weighted by atomic mass is 9.78. The molecular formula is C17H27N3O4. The van der Waals surface area contributed by atoms with Crippen molar-refractivity contribution in [3.63, 3.8) is 0 Å². The van der Waals surface area contributed by atoms with Crippen LogP contribution in [-0.4, -0.2) is 56.8 Å². The summed E-state index contributed by atoms with van der Waals surface area (Å²) < 4.78 is 13.0. The van der Waals surface area contributed by atoms with E-state index in [2.05, 4.69) is 5.10 Å². The number of aliphatic hydroxyl groups is 1. The molecule has 3 heterocycles. The Labute approximate surface area is 142 Å². The molecule has 7 nitrogen and oxygen atoms in total. The minimum atomic E-state index is -0.981. The summed E-state index contributed by atoms with van der Waals surface area (Å²) in [6.07, 6.45) is 4.14. The molecule has 134 valence electrons. The van der Waals surface area contributed by atoms with Crippen LogP contribution < -0.4 is 0 Å².